The van der Waals surface area contributed by atoms with Gasteiger partial charge in [-0.2, -0.15) is 0 Å². The molecule has 0 spiro atoms. The van der Waals surface area contributed by atoms with E-state index < -0.39 is 17.9 Å². The summed E-state index contributed by atoms with van der Waals surface area (Å²) < 4.78 is 5.23. The highest BCUT2D eigenvalue weighted by molar-refractivity contribution is 5.69. The third kappa shape index (κ3) is 1.81. The molecule has 2 rings (SSSR count). The van der Waals surface area contributed by atoms with Crippen molar-refractivity contribution >= 4 is 12.2 Å². The van der Waals surface area contributed by atoms with Crippen LogP contribution in [0.2, 0.25) is 0 Å². The summed E-state index contributed by atoms with van der Waals surface area (Å²) in [6.45, 7) is 2.04. The Kier molecular flexibility index (Phi) is 2.89. The van der Waals surface area contributed by atoms with Crippen LogP contribution in [-0.2, 0) is 4.74 Å². The maximum Gasteiger partial charge on any atom is 0.410 e. The zero-order valence-corrected chi connectivity index (χ0v) is 9.89. The van der Waals surface area contributed by atoms with Crippen LogP contribution in [0, 0.1) is 11.8 Å². The predicted molar refractivity (Wildman–Crippen MR) is 59.3 cm³/mol. The molecule has 17 heavy (non-hydrogen) atoms. The van der Waals surface area contributed by atoms with Gasteiger partial charge in [0.2, 0.25) is 0 Å². The third-order valence-electron chi connectivity index (χ3n) is 4.04. The van der Waals surface area contributed by atoms with Crippen LogP contribution >= 0.6 is 0 Å². The quantitative estimate of drug-likeness (QED) is 0.735. The number of hydrogen-bond acceptors (Lipinski definition) is 3. The molecule has 2 amide bonds. The first kappa shape index (κ1) is 12.0. The maximum atomic E-state index is 11.3. The summed E-state index contributed by atoms with van der Waals surface area (Å²) in [5.74, 6) is 0.545. The topological polar surface area (TPSA) is 92.9 Å². The smallest absolute Gasteiger partial charge is 0.410 e. The molecule has 0 saturated heterocycles. The van der Waals surface area contributed by atoms with Crippen LogP contribution < -0.4 is 5.73 Å². The summed E-state index contributed by atoms with van der Waals surface area (Å²) in [4.78, 5) is 23.6. The Hall–Kier alpha value is -1.46. The van der Waals surface area contributed by atoms with Crippen molar-refractivity contribution < 1.29 is 19.4 Å². The van der Waals surface area contributed by atoms with Gasteiger partial charge in [-0.1, -0.05) is 0 Å². The zero-order chi connectivity index (χ0) is 12.6. The number of nitrogens with zero attached hydrogens (tertiary/aromatic N) is 1. The number of ether oxygens (including phenoxy) is 1. The van der Waals surface area contributed by atoms with Crippen LogP contribution in [-0.4, -0.2) is 34.5 Å². The van der Waals surface area contributed by atoms with Crippen LogP contribution in [0.4, 0.5) is 9.59 Å². The molecular weight excluding hydrogens is 224 g/mol. The molecule has 3 N–H and O–H groups in total. The first-order chi connectivity index (χ1) is 7.99. The number of carbonyl (C=O) groups is 2. The summed E-state index contributed by atoms with van der Waals surface area (Å²) >= 11 is 0. The van der Waals surface area contributed by atoms with Gasteiger partial charge in [-0.3, -0.25) is 4.90 Å². The van der Waals surface area contributed by atoms with E-state index in [-0.39, 0.29) is 5.92 Å². The zero-order valence-electron chi connectivity index (χ0n) is 9.89. The Morgan fingerprint density at radius 2 is 2.24 bits per heavy atom. The Morgan fingerprint density at radius 3 is 2.59 bits per heavy atom. The van der Waals surface area contributed by atoms with E-state index >= 15 is 0 Å². The SMILES string of the molecule is CCN(C(=O)O)C1(OC(N)=O)CC2CCC1C2. The summed E-state index contributed by atoms with van der Waals surface area (Å²) in [6.07, 6.45) is 1.56. The minimum atomic E-state index is -1.05. The van der Waals surface area contributed by atoms with E-state index in [1.807, 2.05) is 0 Å². The summed E-state index contributed by atoms with van der Waals surface area (Å²) in [6, 6.07) is 0. The van der Waals surface area contributed by atoms with E-state index in [2.05, 4.69) is 0 Å². The fourth-order valence-corrected chi connectivity index (χ4v) is 3.50. The lowest BCUT2D eigenvalue weighted by Gasteiger charge is -2.43. The highest BCUT2D eigenvalue weighted by Crippen LogP contribution is 2.54. The van der Waals surface area contributed by atoms with Gasteiger partial charge >= 0.3 is 12.2 Å². The van der Waals surface area contributed by atoms with Gasteiger partial charge in [0.1, 0.15) is 0 Å². The fraction of sp³-hybridized carbons (Fsp3) is 0.818. The molecule has 2 saturated carbocycles. The molecule has 0 heterocycles. The molecule has 96 valence electrons. The number of nitrogens with two attached hydrogens (primary N) is 1. The molecule has 3 atom stereocenters. The van der Waals surface area contributed by atoms with Crippen molar-refractivity contribution in [1.82, 2.24) is 4.90 Å². The number of rotatable bonds is 3. The summed E-state index contributed by atoms with van der Waals surface area (Å²) in [5.41, 5.74) is 4.08. The Labute approximate surface area is 99.7 Å². The highest BCUT2D eigenvalue weighted by atomic mass is 16.6. The summed E-state index contributed by atoms with van der Waals surface area (Å²) in [5, 5.41) is 9.23. The van der Waals surface area contributed by atoms with Crippen molar-refractivity contribution in [2.75, 3.05) is 6.54 Å². The van der Waals surface area contributed by atoms with Gasteiger partial charge in [0.05, 0.1) is 0 Å². The average Bonchev–Trinajstić information content (AvgIpc) is 2.76. The van der Waals surface area contributed by atoms with Crippen LogP contribution in [0.5, 0.6) is 0 Å². The second-order valence-electron chi connectivity index (χ2n) is 4.87. The van der Waals surface area contributed by atoms with Gasteiger partial charge in [0, 0.05) is 18.9 Å². The Morgan fingerprint density at radius 1 is 1.53 bits per heavy atom. The van der Waals surface area contributed by atoms with Crippen LogP contribution in [0.25, 0.3) is 0 Å². The number of hydrogen-bond donors (Lipinski definition) is 2. The number of primary amides is 1. The fourth-order valence-electron chi connectivity index (χ4n) is 3.50. The lowest BCUT2D eigenvalue weighted by Crippen LogP contribution is -2.58. The second kappa shape index (κ2) is 4.09. The van der Waals surface area contributed by atoms with E-state index in [1.165, 1.54) is 4.90 Å². The van der Waals surface area contributed by atoms with Crippen molar-refractivity contribution in [1.29, 1.82) is 0 Å². The first-order valence-electron chi connectivity index (χ1n) is 5.98. The van der Waals surface area contributed by atoms with Crippen molar-refractivity contribution in [3.63, 3.8) is 0 Å². The van der Waals surface area contributed by atoms with E-state index in [0.717, 1.165) is 19.3 Å². The van der Waals surface area contributed by atoms with Crippen LogP contribution in [0.1, 0.15) is 32.6 Å². The highest BCUT2D eigenvalue weighted by Gasteiger charge is 2.58. The van der Waals surface area contributed by atoms with Crippen LogP contribution in [0.15, 0.2) is 0 Å². The maximum absolute atomic E-state index is 11.3. The number of carboxylic acid groups (broad SMARTS) is 1. The monoisotopic (exact) mass is 242 g/mol. The molecule has 2 aliphatic carbocycles. The van der Waals surface area contributed by atoms with Crippen LogP contribution in [0.3, 0.4) is 0 Å². The van der Waals surface area contributed by atoms with Crippen molar-refractivity contribution in [3.8, 4) is 0 Å². The molecule has 2 aliphatic rings. The van der Waals surface area contributed by atoms with E-state index in [1.54, 1.807) is 6.92 Å². The lowest BCUT2D eigenvalue weighted by molar-refractivity contribution is -0.128. The molecule has 2 fully saturated rings. The Balaban J connectivity index is 2.30. The molecule has 6 heteroatoms. The third-order valence-corrected chi connectivity index (χ3v) is 4.04. The predicted octanol–water partition coefficient (Wildman–Crippen LogP) is 1.60. The van der Waals surface area contributed by atoms with Crippen molar-refractivity contribution in [3.05, 3.63) is 0 Å². The molecule has 6 nitrogen and oxygen atoms in total. The average molecular weight is 242 g/mol. The second-order valence-corrected chi connectivity index (χ2v) is 4.87. The van der Waals surface area contributed by atoms with Gasteiger partial charge < -0.3 is 15.6 Å². The minimum Gasteiger partial charge on any atom is -0.465 e. The first-order valence-corrected chi connectivity index (χ1v) is 5.98. The van der Waals surface area contributed by atoms with Gasteiger partial charge in [-0.25, -0.2) is 9.59 Å². The number of amides is 2. The molecular formula is C11H18N2O4. The number of carbonyl (C=O) groups excluding carboxylic acids is 1. The largest absolute Gasteiger partial charge is 0.465 e. The summed E-state index contributed by atoms with van der Waals surface area (Å²) in [7, 11) is 0. The standard InChI is InChI=1S/C11H18N2O4/c1-2-13(10(15)16)11(17-9(12)14)6-7-3-4-8(11)5-7/h7-8H,2-6H2,1H3,(H2,12,14)(H,15,16). The van der Waals surface area contributed by atoms with E-state index in [0.29, 0.717) is 18.9 Å². The van der Waals surface area contributed by atoms with E-state index in [9.17, 15) is 14.7 Å². The Bertz CT molecular complexity index is 346. The number of fused-ring (bicyclic) bond motifs is 2. The molecule has 0 aromatic carbocycles. The van der Waals surface area contributed by atoms with Crippen molar-refractivity contribution in [2.45, 2.75) is 38.3 Å². The molecule has 2 bridgehead atoms. The van der Waals surface area contributed by atoms with Crippen molar-refractivity contribution in [2.24, 2.45) is 17.6 Å². The molecule has 0 aromatic heterocycles. The minimum absolute atomic E-state index is 0.0936. The molecule has 0 radical (unpaired) electrons. The molecule has 3 unspecified atom stereocenters. The normalized spacial score (nSPS) is 34.6. The molecule has 0 aromatic rings. The van der Waals surface area contributed by atoms with Gasteiger partial charge in [-0.15, -0.1) is 0 Å². The van der Waals surface area contributed by atoms with Gasteiger partial charge in [0.15, 0.2) is 5.72 Å². The van der Waals surface area contributed by atoms with Gasteiger partial charge in [0.25, 0.3) is 0 Å². The van der Waals surface area contributed by atoms with E-state index in [4.69, 9.17) is 10.5 Å². The lowest BCUT2D eigenvalue weighted by atomic mass is 9.90. The van der Waals surface area contributed by atoms with Gasteiger partial charge in [-0.05, 0) is 32.1 Å². The molecule has 0 aliphatic heterocycles.